The van der Waals surface area contributed by atoms with Gasteiger partial charge in [-0.05, 0) is 38.6 Å². The fourth-order valence-corrected chi connectivity index (χ4v) is 1.52. The smallest absolute Gasteiger partial charge is 0.204 e. The third-order valence-electron chi connectivity index (χ3n) is 2.23. The van der Waals surface area contributed by atoms with Gasteiger partial charge >= 0.3 is 0 Å². The summed E-state index contributed by atoms with van der Waals surface area (Å²) < 4.78 is 0. The van der Waals surface area contributed by atoms with Crippen LogP contribution < -0.4 is 11.5 Å². The van der Waals surface area contributed by atoms with Gasteiger partial charge in [0, 0.05) is 27.8 Å². The molecule has 1 atom stereocenters. The molecule has 100 valence electrons. The van der Waals surface area contributed by atoms with Gasteiger partial charge in [-0.3, -0.25) is 9.78 Å². The Morgan fingerprint density at radius 1 is 1.41 bits per heavy atom. The second-order valence-corrected chi connectivity index (χ2v) is 3.83. The maximum absolute atomic E-state index is 8.58. The number of aromatic nitrogens is 1. The van der Waals surface area contributed by atoms with E-state index >= 15 is 0 Å². The number of carbonyl (C=O) groups excluding carboxylic acids is 1. The summed E-state index contributed by atoms with van der Waals surface area (Å²) in [5.74, 6) is 0. The van der Waals surface area contributed by atoms with Gasteiger partial charge in [-0.2, -0.15) is 0 Å². The predicted octanol–water partition coefficient (Wildman–Crippen LogP) is 0.714. The highest BCUT2D eigenvalue weighted by Gasteiger charge is 2.11. The van der Waals surface area contributed by atoms with Crippen molar-refractivity contribution >= 4 is 6.41 Å². The zero-order chi connectivity index (χ0) is 12.9. The van der Waals surface area contributed by atoms with E-state index in [-0.39, 0.29) is 9.26 Å². The molecule has 1 saturated heterocycles. The molecule has 0 bridgehead atoms. The van der Waals surface area contributed by atoms with Crippen LogP contribution in [0.5, 0.6) is 0 Å². The number of hydrogen-bond donors (Lipinski definition) is 2. The molecule has 2 rings (SSSR count). The number of nitrogens with zero attached hydrogens (tertiary/aromatic N) is 2. The average molecular weight is 242 g/mol. The Bertz CT molecular complexity index is 243. The summed E-state index contributed by atoms with van der Waals surface area (Å²) in [6, 6.07) is 6.15. The molecule has 4 N–H and O–H groups in total. The van der Waals surface area contributed by atoms with Gasteiger partial charge in [0.2, 0.25) is 6.41 Å². The first-order valence-electron chi connectivity index (χ1n) is 5.65. The summed E-state index contributed by atoms with van der Waals surface area (Å²) in [6.45, 7) is 2.31. The number of pyridine rings is 1. The molecule has 1 aliphatic heterocycles. The van der Waals surface area contributed by atoms with E-state index in [9.17, 15) is 0 Å². The van der Waals surface area contributed by atoms with Gasteiger partial charge in [0.1, 0.15) is 0 Å². The zero-order valence-electron chi connectivity index (χ0n) is 10.3. The third kappa shape index (κ3) is 10.8. The van der Waals surface area contributed by atoms with Gasteiger partial charge in [0.15, 0.2) is 0 Å². The number of likely N-dealkylation sites (N-methyl/N-ethyl adjacent to an activating group) is 1. The number of carbonyl (C=O) groups is 1. The summed E-state index contributed by atoms with van der Waals surface area (Å²) >= 11 is 0. The molecule has 0 aliphatic carbocycles. The topological polar surface area (TPSA) is 85.2 Å². The zero-order valence-corrected chi connectivity index (χ0v) is 10.3. The van der Waals surface area contributed by atoms with E-state index in [0.29, 0.717) is 6.04 Å². The van der Waals surface area contributed by atoms with Crippen molar-refractivity contribution in [2.45, 2.75) is 18.9 Å². The molecule has 0 radical (unpaired) electrons. The van der Waals surface area contributed by atoms with E-state index in [4.69, 9.17) is 10.5 Å². The minimum Gasteiger partial charge on any atom is -0.372 e. The maximum Gasteiger partial charge on any atom is 0.204 e. The standard InChI is InChI=1S/C6H14N2.C5H5N.CH3NO.2H2/c1-8-4-2-3-6(7)5-8;1-2-4-6-5-3-1;2-1-3;;/h6H,2-5,7H2,1H3;1-5H;1H,(H2,2,3);2*1H/t6-;;;;/m1..../s1. The van der Waals surface area contributed by atoms with Crippen LogP contribution >= 0.6 is 0 Å². The van der Waals surface area contributed by atoms with E-state index in [0.717, 1.165) is 6.54 Å². The van der Waals surface area contributed by atoms with E-state index in [1.165, 1.54) is 19.4 Å². The molecule has 1 amide bonds. The molecular formula is C12H26N4O. The van der Waals surface area contributed by atoms with Crippen LogP contribution in [-0.2, 0) is 4.79 Å². The Hall–Kier alpha value is -1.46. The highest BCUT2D eigenvalue weighted by atomic mass is 16.1. The number of amides is 1. The highest BCUT2D eigenvalue weighted by molar-refractivity contribution is 5.42. The Morgan fingerprint density at radius 3 is 2.24 bits per heavy atom. The van der Waals surface area contributed by atoms with E-state index in [2.05, 4.69) is 22.7 Å². The van der Waals surface area contributed by atoms with Crippen LogP contribution in [0.25, 0.3) is 0 Å². The summed E-state index contributed by atoms with van der Waals surface area (Å²) in [4.78, 5) is 14.7. The first kappa shape index (κ1) is 15.5. The van der Waals surface area contributed by atoms with Crippen molar-refractivity contribution in [3.8, 4) is 0 Å². The molecule has 0 saturated carbocycles. The Labute approximate surface area is 106 Å². The minimum atomic E-state index is 0. The monoisotopic (exact) mass is 242 g/mol. The van der Waals surface area contributed by atoms with E-state index < -0.39 is 0 Å². The van der Waals surface area contributed by atoms with Crippen molar-refractivity contribution in [1.29, 1.82) is 0 Å². The van der Waals surface area contributed by atoms with Crippen molar-refractivity contribution in [3.05, 3.63) is 30.6 Å². The molecular weight excluding hydrogens is 216 g/mol. The number of nitrogens with two attached hydrogens (primary N) is 2. The Balaban J connectivity index is -0.000000210. The maximum atomic E-state index is 8.58. The van der Waals surface area contributed by atoms with Gasteiger partial charge < -0.3 is 16.4 Å². The molecule has 1 aromatic heterocycles. The van der Waals surface area contributed by atoms with Crippen molar-refractivity contribution in [3.63, 3.8) is 0 Å². The van der Waals surface area contributed by atoms with Crippen LogP contribution in [0.15, 0.2) is 30.6 Å². The van der Waals surface area contributed by atoms with Gasteiger partial charge in [-0.1, -0.05) is 6.07 Å². The van der Waals surface area contributed by atoms with E-state index in [1.54, 1.807) is 12.4 Å². The number of likely N-dealkylation sites (tertiary alicyclic amines) is 1. The molecule has 5 nitrogen and oxygen atoms in total. The van der Waals surface area contributed by atoms with Gasteiger partial charge in [-0.25, -0.2) is 0 Å². The number of rotatable bonds is 0. The minimum absolute atomic E-state index is 0. The van der Waals surface area contributed by atoms with Crippen LogP contribution in [0.3, 0.4) is 0 Å². The molecule has 1 fully saturated rings. The van der Waals surface area contributed by atoms with Crippen molar-refractivity contribution in [2.75, 3.05) is 20.1 Å². The Kier molecular flexibility index (Phi) is 10.1. The second kappa shape index (κ2) is 11.0. The third-order valence-corrected chi connectivity index (χ3v) is 2.23. The number of hydrogen-bond acceptors (Lipinski definition) is 4. The van der Waals surface area contributed by atoms with Crippen LogP contribution in [0, 0.1) is 0 Å². The van der Waals surface area contributed by atoms with Gasteiger partial charge in [0.25, 0.3) is 0 Å². The Morgan fingerprint density at radius 2 is 2.00 bits per heavy atom. The lowest BCUT2D eigenvalue weighted by Crippen LogP contribution is -2.40. The molecule has 5 heteroatoms. The van der Waals surface area contributed by atoms with Crippen molar-refractivity contribution in [1.82, 2.24) is 9.88 Å². The summed E-state index contributed by atoms with van der Waals surface area (Å²) in [7, 11) is 2.12. The highest BCUT2D eigenvalue weighted by Crippen LogP contribution is 2.04. The molecule has 0 spiro atoms. The molecule has 2 heterocycles. The number of primary amides is 1. The first-order chi connectivity index (χ1) is 8.20. The number of piperidine rings is 1. The summed E-state index contributed by atoms with van der Waals surface area (Å²) in [6.07, 6.45) is 6.24. The largest absolute Gasteiger partial charge is 0.372 e. The van der Waals surface area contributed by atoms with Crippen LogP contribution in [0.4, 0.5) is 0 Å². The van der Waals surface area contributed by atoms with Crippen LogP contribution in [0.2, 0.25) is 0 Å². The van der Waals surface area contributed by atoms with Crippen LogP contribution in [-0.4, -0.2) is 42.5 Å². The molecule has 1 aliphatic rings. The lowest BCUT2D eigenvalue weighted by molar-refractivity contribution is -0.106. The fraction of sp³-hybridized carbons (Fsp3) is 0.500. The van der Waals surface area contributed by atoms with Crippen molar-refractivity contribution in [2.24, 2.45) is 11.5 Å². The van der Waals surface area contributed by atoms with Gasteiger partial charge in [-0.15, -0.1) is 0 Å². The normalized spacial score (nSPS) is 19.1. The lowest BCUT2D eigenvalue weighted by Gasteiger charge is -2.26. The van der Waals surface area contributed by atoms with Crippen molar-refractivity contribution < 1.29 is 7.65 Å². The summed E-state index contributed by atoms with van der Waals surface area (Å²) in [5, 5.41) is 0. The molecule has 0 aromatic carbocycles. The lowest BCUT2D eigenvalue weighted by atomic mass is 10.1. The fourth-order valence-electron chi connectivity index (χ4n) is 1.52. The van der Waals surface area contributed by atoms with Gasteiger partial charge in [0.05, 0.1) is 0 Å². The average Bonchev–Trinajstić information content (AvgIpc) is 2.33. The molecule has 0 unspecified atom stereocenters. The predicted molar refractivity (Wildman–Crippen MR) is 73.4 cm³/mol. The quantitative estimate of drug-likeness (QED) is 0.656. The van der Waals surface area contributed by atoms with Crippen LogP contribution in [0.1, 0.15) is 15.7 Å². The molecule has 17 heavy (non-hydrogen) atoms. The first-order valence-corrected chi connectivity index (χ1v) is 5.65. The summed E-state index contributed by atoms with van der Waals surface area (Å²) in [5.41, 5.74) is 9.85. The second-order valence-electron chi connectivity index (χ2n) is 3.83. The van der Waals surface area contributed by atoms with E-state index in [1.807, 2.05) is 18.2 Å². The SMILES string of the molecule is CN1CCC[C@@H](N)C1.NC=O.[HH].[HH].c1ccncc1. The molecule has 1 aromatic rings.